The molecule has 3 heteroatoms. The highest BCUT2D eigenvalue weighted by molar-refractivity contribution is 5.90. The second kappa shape index (κ2) is 9.41. The van der Waals surface area contributed by atoms with Crippen molar-refractivity contribution in [2.75, 3.05) is 0 Å². The number of hydrogen-bond donors (Lipinski definition) is 0. The molecule has 0 saturated heterocycles. The van der Waals surface area contributed by atoms with E-state index in [2.05, 4.69) is 54.8 Å². The third-order valence-electron chi connectivity index (χ3n) is 5.60. The molecule has 0 spiro atoms. The van der Waals surface area contributed by atoms with Gasteiger partial charge in [-0.25, -0.2) is 0 Å². The molecule has 4 rings (SSSR count). The lowest BCUT2D eigenvalue weighted by atomic mass is 10.0. The molecule has 0 unspecified atom stereocenters. The fraction of sp³-hybridized carbons (Fsp3) is 0.138. The molecule has 0 fully saturated rings. The summed E-state index contributed by atoms with van der Waals surface area (Å²) in [6.07, 6.45) is 1.97. The van der Waals surface area contributed by atoms with Crippen LogP contribution in [0.25, 0.3) is 17.3 Å². The fourth-order valence-electron chi connectivity index (χ4n) is 3.83. The molecular weight excluding hydrogens is 392 g/mol. The average molecular weight is 419 g/mol. The highest BCUT2D eigenvalue weighted by Crippen LogP contribution is 2.26. The Morgan fingerprint density at radius 1 is 0.906 bits per heavy atom. The van der Waals surface area contributed by atoms with Gasteiger partial charge in [0, 0.05) is 17.1 Å². The van der Waals surface area contributed by atoms with Crippen LogP contribution in [-0.4, -0.2) is 4.57 Å². The first-order valence-corrected chi connectivity index (χ1v) is 10.7. The number of rotatable bonds is 6. The second-order valence-electron chi connectivity index (χ2n) is 7.97. The summed E-state index contributed by atoms with van der Waals surface area (Å²) in [5.74, 6) is 0.839. The zero-order chi connectivity index (χ0) is 22.5. The maximum absolute atomic E-state index is 9.72. The zero-order valence-electron chi connectivity index (χ0n) is 18.7. The molecule has 0 bridgehead atoms. The molecule has 158 valence electrons. The SMILES string of the molecule is Cc1ccc(/C(C#N)=C\c2cc(C)n(-c3ccc(OCc4ccccc4)cc3)c2C)cc1. The maximum Gasteiger partial charge on any atom is 0.119 e. The van der Waals surface area contributed by atoms with E-state index in [-0.39, 0.29) is 0 Å². The summed E-state index contributed by atoms with van der Waals surface area (Å²) in [5, 5.41) is 9.72. The Morgan fingerprint density at radius 3 is 2.25 bits per heavy atom. The molecule has 0 saturated carbocycles. The van der Waals surface area contributed by atoms with Gasteiger partial charge in [-0.1, -0.05) is 60.2 Å². The Balaban J connectivity index is 1.57. The van der Waals surface area contributed by atoms with Crippen LogP contribution in [0.5, 0.6) is 5.75 Å². The number of ether oxygens (including phenoxy) is 1. The molecule has 0 atom stereocenters. The molecule has 4 aromatic rings. The van der Waals surface area contributed by atoms with Gasteiger partial charge in [0.1, 0.15) is 12.4 Å². The Labute approximate surface area is 189 Å². The van der Waals surface area contributed by atoms with E-state index in [0.29, 0.717) is 12.2 Å². The Hall–Kier alpha value is -4.03. The van der Waals surface area contributed by atoms with Gasteiger partial charge < -0.3 is 9.30 Å². The number of allylic oxidation sites excluding steroid dienone is 1. The predicted octanol–water partition coefficient (Wildman–Crippen LogP) is 7.05. The highest BCUT2D eigenvalue weighted by atomic mass is 16.5. The first-order chi connectivity index (χ1) is 15.5. The van der Waals surface area contributed by atoms with Gasteiger partial charge in [-0.05, 0) is 73.9 Å². The van der Waals surface area contributed by atoms with Crippen LogP contribution >= 0.6 is 0 Å². The Kier molecular flexibility index (Phi) is 6.24. The number of aromatic nitrogens is 1. The number of benzene rings is 3. The summed E-state index contributed by atoms with van der Waals surface area (Å²) < 4.78 is 8.12. The molecule has 0 aliphatic heterocycles. The smallest absolute Gasteiger partial charge is 0.119 e. The van der Waals surface area contributed by atoms with Gasteiger partial charge in [-0.3, -0.25) is 0 Å². The minimum Gasteiger partial charge on any atom is -0.489 e. The lowest BCUT2D eigenvalue weighted by Crippen LogP contribution is -2.00. The highest BCUT2D eigenvalue weighted by Gasteiger charge is 2.11. The van der Waals surface area contributed by atoms with Gasteiger partial charge in [0.25, 0.3) is 0 Å². The van der Waals surface area contributed by atoms with E-state index < -0.39 is 0 Å². The molecule has 32 heavy (non-hydrogen) atoms. The second-order valence-corrected chi connectivity index (χ2v) is 7.97. The zero-order valence-corrected chi connectivity index (χ0v) is 18.7. The molecule has 3 aromatic carbocycles. The van der Waals surface area contributed by atoms with Crippen LogP contribution in [0.15, 0.2) is 84.9 Å². The van der Waals surface area contributed by atoms with Crippen LogP contribution in [0.2, 0.25) is 0 Å². The van der Waals surface area contributed by atoms with Gasteiger partial charge in [-0.15, -0.1) is 0 Å². The number of aryl methyl sites for hydroxylation is 2. The summed E-state index contributed by atoms with van der Waals surface area (Å²) >= 11 is 0. The summed E-state index contributed by atoms with van der Waals surface area (Å²) in [6.45, 7) is 6.77. The first-order valence-electron chi connectivity index (χ1n) is 10.7. The minimum absolute atomic E-state index is 0.548. The quantitative estimate of drug-likeness (QED) is 0.315. The van der Waals surface area contributed by atoms with Crippen molar-refractivity contribution in [1.82, 2.24) is 4.57 Å². The van der Waals surface area contributed by atoms with Crippen molar-refractivity contribution in [3.8, 4) is 17.5 Å². The molecule has 0 aliphatic rings. The molecule has 3 nitrogen and oxygen atoms in total. The van der Waals surface area contributed by atoms with Crippen molar-refractivity contribution in [2.45, 2.75) is 27.4 Å². The molecule has 0 N–H and O–H groups in total. The lowest BCUT2D eigenvalue weighted by Gasteiger charge is -2.11. The van der Waals surface area contributed by atoms with Crippen molar-refractivity contribution < 1.29 is 4.74 Å². The van der Waals surface area contributed by atoms with E-state index in [0.717, 1.165) is 39.5 Å². The van der Waals surface area contributed by atoms with Crippen LogP contribution in [0.3, 0.4) is 0 Å². The Morgan fingerprint density at radius 2 is 1.59 bits per heavy atom. The largest absolute Gasteiger partial charge is 0.489 e. The number of hydrogen-bond acceptors (Lipinski definition) is 2. The van der Waals surface area contributed by atoms with E-state index in [1.807, 2.05) is 67.6 Å². The summed E-state index contributed by atoms with van der Waals surface area (Å²) in [7, 11) is 0. The van der Waals surface area contributed by atoms with Crippen LogP contribution < -0.4 is 4.74 Å². The monoisotopic (exact) mass is 418 g/mol. The van der Waals surface area contributed by atoms with Crippen molar-refractivity contribution in [2.24, 2.45) is 0 Å². The van der Waals surface area contributed by atoms with E-state index in [1.165, 1.54) is 5.56 Å². The van der Waals surface area contributed by atoms with Crippen LogP contribution in [0, 0.1) is 32.1 Å². The molecule has 0 radical (unpaired) electrons. The minimum atomic E-state index is 0.548. The van der Waals surface area contributed by atoms with E-state index >= 15 is 0 Å². The van der Waals surface area contributed by atoms with Gasteiger partial charge in [-0.2, -0.15) is 5.26 Å². The van der Waals surface area contributed by atoms with Crippen LogP contribution in [0.4, 0.5) is 0 Å². The predicted molar refractivity (Wildman–Crippen MR) is 131 cm³/mol. The third kappa shape index (κ3) is 4.66. The topological polar surface area (TPSA) is 38.0 Å². The molecule has 1 heterocycles. The number of nitrogens with zero attached hydrogens (tertiary/aromatic N) is 2. The van der Waals surface area contributed by atoms with Crippen molar-refractivity contribution in [3.63, 3.8) is 0 Å². The molecule has 0 aliphatic carbocycles. The normalized spacial score (nSPS) is 11.2. The summed E-state index contributed by atoms with van der Waals surface area (Å²) in [5.41, 5.74) is 8.25. The van der Waals surface area contributed by atoms with E-state index in [4.69, 9.17) is 4.74 Å². The van der Waals surface area contributed by atoms with Crippen molar-refractivity contribution in [3.05, 3.63) is 119 Å². The average Bonchev–Trinajstić information content (AvgIpc) is 3.10. The van der Waals surface area contributed by atoms with Gasteiger partial charge in [0.15, 0.2) is 0 Å². The van der Waals surface area contributed by atoms with Gasteiger partial charge in [0.2, 0.25) is 0 Å². The van der Waals surface area contributed by atoms with E-state index in [9.17, 15) is 5.26 Å². The van der Waals surface area contributed by atoms with Crippen molar-refractivity contribution >= 4 is 11.6 Å². The standard InChI is InChI=1S/C29H26N2O/c1-21-9-11-25(12-10-21)27(19-30)18-26-17-22(2)31(23(26)3)28-13-15-29(16-14-28)32-20-24-7-5-4-6-8-24/h4-18H,20H2,1-3H3/b27-18-. The summed E-state index contributed by atoms with van der Waals surface area (Å²) in [6, 6.07) is 30.8. The third-order valence-corrected chi connectivity index (χ3v) is 5.60. The van der Waals surface area contributed by atoms with E-state index in [1.54, 1.807) is 0 Å². The molecular formula is C29H26N2O. The van der Waals surface area contributed by atoms with Crippen LogP contribution in [-0.2, 0) is 6.61 Å². The van der Waals surface area contributed by atoms with Gasteiger partial charge >= 0.3 is 0 Å². The lowest BCUT2D eigenvalue weighted by molar-refractivity contribution is 0.306. The van der Waals surface area contributed by atoms with Crippen molar-refractivity contribution in [1.29, 1.82) is 5.26 Å². The van der Waals surface area contributed by atoms with Gasteiger partial charge in [0.05, 0.1) is 11.6 Å². The number of nitriles is 1. The molecule has 0 amide bonds. The first kappa shape index (κ1) is 21.2. The van der Waals surface area contributed by atoms with Crippen LogP contribution in [0.1, 0.15) is 33.6 Å². The Bertz CT molecular complexity index is 1270. The maximum atomic E-state index is 9.72. The molecule has 1 aromatic heterocycles. The fourth-order valence-corrected chi connectivity index (χ4v) is 3.83. The summed E-state index contributed by atoms with van der Waals surface area (Å²) in [4.78, 5) is 0.